The van der Waals surface area contributed by atoms with Crippen LogP contribution in [0, 0.1) is 12.3 Å². The first-order valence-corrected chi connectivity index (χ1v) is 6.12. The fraction of sp³-hybridized carbons (Fsp3) is 0.500. The number of nitrogens with one attached hydrogen (secondary N) is 1. The van der Waals surface area contributed by atoms with Gasteiger partial charge in [-0.1, -0.05) is 19.8 Å². The molecule has 17 heavy (non-hydrogen) atoms. The summed E-state index contributed by atoms with van der Waals surface area (Å²) in [7, 11) is 0. The number of phenols is 1. The summed E-state index contributed by atoms with van der Waals surface area (Å²) in [5.41, 5.74) is 1.32. The Bertz CT molecular complexity index is 434. The molecule has 0 aliphatic heterocycles. The number of aryl methyl sites for hydroxylation is 1. The van der Waals surface area contributed by atoms with Gasteiger partial charge in [0.1, 0.15) is 5.75 Å². The van der Waals surface area contributed by atoms with E-state index in [4.69, 9.17) is 0 Å². The van der Waals surface area contributed by atoms with Crippen molar-refractivity contribution in [2.75, 3.05) is 5.32 Å². The van der Waals surface area contributed by atoms with E-state index in [1.807, 2.05) is 13.8 Å². The van der Waals surface area contributed by atoms with E-state index in [2.05, 4.69) is 5.32 Å². The van der Waals surface area contributed by atoms with E-state index in [-0.39, 0.29) is 17.1 Å². The summed E-state index contributed by atoms with van der Waals surface area (Å²) in [4.78, 5) is 12.2. The number of amides is 1. The topological polar surface area (TPSA) is 49.3 Å². The monoisotopic (exact) mass is 233 g/mol. The maximum absolute atomic E-state index is 12.2. The molecule has 1 aliphatic rings. The molecule has 0 bridgehead atoms. The third kappa shape index (κ3) is 2.43. The third-order valence-corrected chi connectivity index (χ3v) is 3.71. The van der Waals surface area contributed by atoms with E-state index in [0.29, 0.717) is 0 Å². The molecule has 1 aliphatic carbocycles. The van der Waals surface area contributed by atoms with E-state index >= 15 is 0 Å². The van der Waals surface area contributed by atoms with Crippen molar-refractivity contribution in [3.63, 3.8) is 0 Å². The van der Waals surface area contributed by atoms with Gasteiger partial charge in [-0.05, 0) is 43.5 Å². The first kappa shape index (κ1) is 12.0. The summed E-state index contributed by atoms with van der Waals surface area (Å²) in [6.45, 7) is 3.85. The maximum atomic E-state index is 12.2. The molecule has 92 valence electrons. The highest BCUT2D eigenvalue weighted by Crippen LogP contribution is 2.38. The van der Waals surface area contributed by atoms with Crippen molar-refractivity contribution in [1.82, 2.24) is 0 Å². The zero-order valence-electron chi connectivity index (χ0n) is 10.4. The standard InChI is InChI=1S/C14H19NO2/c1-10-9-11(5-6-12(10)16)15-13(17)14(2)7-3-4-8-14/h5-6,9,16H,3-4,7-8H2,1-2H3,(H,15,17). The average Bonchev–Trinajstić information content (AvgIpc) is 2.72. The van der Waals surface area contributed by atoms with Crippen LogP contribution >= 0.6 is 0 Å². The number of carbonyl (C=O) groups excluding carboxylic acids is 1. The molecule has 1 aromatic rings. The van der Waals surface area contributed by atoms with Crippen molar-refractivity contribution in [3.8, 4) is 5.75 Å². The van der Waals surface area contributed by atoms with Crippen LogP contribution in [-0.4, -0.2) is 11.0 Å². The van der Waals surface area contributed by atoms with E-state index < -0.39 is 0 Å². The van der Waals surface area contributed by atoms with Gasteiger partial charge in [-0.3, -0.25) is 4.79 Å². The Balaban J connectivity index is 2.10. The van der Waals surface area contributed by atoms with E-state index in [1.165, 1.54) is 0 Å². The molecular formula is C14H19NO2. The number of hydrogen-bond donors (Lipinski definition) is 2. The van der Waals surface area contributed by atoms with Gasteiger partial charge in [-0.15, -0.1) is 0 Å². The van der Waals surface area contributed by atoms with Gasteiger partial charge in [0, 0.05) is 11.1 Å². The number of phenolic OH excluding ortho intramolecular Hbond substituents is 1. The average molecular weight is 233 g/mol. The summed E-state index contributed by atoms with van der Waals surface area (Å²) >= 11 is 0. The molecule has 1 amide bonds. The summed E-state index contributed by atoms with van der Waals surface area (Å²) in [6.07, 6.45) is 4.21. The molecule has 0 saturated heterocycles. The fourth-order valence-corrected chi connectivity index (χ4v) is 2.40. The van der Waals surface area contributed by atoms with E-state index in [9.17, 15) is 9.90 Å². The number of anilines is 1. The Morgan fingerprint density at radius 2 is 2.00 bits per heavy atom. The van der Waals surface area contributed by atoms with Gasteiger partial charge in [0.15, 0.2) is 0 Å². The van der Waals surface area contributed by atoms with Gasteiger partial charge in [0.2, 0.25) is 5.91 Å². The van der Waals surface area contributed by atoms with E-state index in [1.54, 1.807) is 18.2 Å². The molecule has 0 atom stereocenters. The first-order valence-electron chi connectivity index (χ1n) is 6.12. The molecule has 3 nitrogen and oxygen atoms in total. The predicted molar refractivity (Wildman–Crippen MR) is 68.0 cm³/mol. The number of hydrogen-bond acceptors (Lipinski definition) is 2. The minimum Gasteiger partial charge on any atom is -0.508 e. The second kappa shape index (κ2) is 4.40. The van der Waals surface area contributed by atoms with Crippen LogP contribution in [0.3, 0.4) is 0 Å². The molecule has 3 heteroatoms. The highest BCUT2D eigenvalue weighted by Gasteiger charge is 2.36. The van der Waals surface area contributed by atoms with Crippen LogP contribution in [0.2, 0.25) is 0 Å². The molecule has 0 heterocycles. The zero-order chi connectivity index (χ0) is 12.5. The van der Waals surface area contributed by atoms with E-state index in [0.717, 1.165) is 36.9 Å². The lowest BCUT2D eigenvalue weighted by Crippen LogP contribution is -2.30. The number of carbonyl (C=O) groups is 1. The van der Waals surface area contributed by atoms with Crippen molar-refractivity contribution in [3.05, 3.63) is 23.8 Å². The Hall–Kier alpha value is -1.51. The van der Waals surface area contributed by atoms with Crippen molar-refractivity contribution < 1.29 is 9.90 Å². The Morgan fingerprint density at radius 1 is 1.35 bits per heavy atom. The molecule has 0 spiro atoms. The number of rotatable bonds is 2. The summed E-state index contributed by atoms with van der Waals surface area (Å²) in [5.74, 6) is 0.357. The van der Waals surface area contributed by atoms with Crippen molar-refractivity contribution in [2.45, 2.75) is 39.5 Å². The lowest BCUT2D eigenvalue weighted by atomic mass is 9.88. The van der Waals surface area contributed by atoms with Crippen LogP contribution in [0.1, 0.15) is 38.2 Å². The molecule has 2 rings (SSSR count). The van der Waals surface area contributed by atoms with Gasteiger partial charge < -0.3 is 10.4 Å². The highest BCUT2D eigenvalue weighted by molar-refractivity contribution is 5.95. The lowest BCUT2D eigenvalue weighted by Gasteiger charge is -2.22. The van der Waals surface area contributed by atoms with Gasteiger partial charge in [0.05, 0.1) is 0 Å². The number of aromatic hydroxyl groups is 1. The fourth-order valence-electron chi connectivity index (χ4n) is 2.40. The summed E-state index contributed by atoms with van der Waals surface area (Å²) < 4.78 is 0. The smallest absolute Gasteiger partial charge is 0.230 e. The van der Waals surface area contributed by atoms with Crippen molar-refractivity contribution >= 4 is 11.6 Å². The van der Waals surface area contributed by atoms with Gasteiger partial charge in [0.25, 0.3) is 0 Å². The quantitative estimate of drug-likeness (QED) is 0.770. The van der Waals surface area contributed by atoms with Gasteiger partial charge in [-0.2, -0.15) is 0 Å². The maximum Gasteiger partial charge on any atom is 0.230 e. The minimum absolute atomic E-state index is 0.0973. The molecule has 2 N–H and O–H groups in total. The molecule has 0 aromatic heterocycles. The highest BCUT2D eigenvalue weighted by atomic mass is 16.3. The summed E-state index contributed by atoms with van der Waals surface area (Å²) in [5, 5.41) is 12.4. The van der Waals surface area contributed by atoms with Gasteiger partial charge in [-0.25, -0.2) is 0 Å². The first-order chi connectivity index (χ1) is 8.01. The molecule has 1 fully saturated rings. The third-order valence-electron chi connectivity index (χ3n) is 3.71. The Labute approximate surface area is 102 Å². The van der Waals surface area contributed by atoms with Crippen LogP contribution in [0.15, 0.2) is 18.2 Å². The van der Waals surface area contributed by atoms with Crippen LogP contribution in [0.25, 0.3) is 0 Å². The molecule has 1 aromatic carbocycles. The molecule has 1 saturated carbocycles. The largest absolute Gasteiger partial charge is 0.508 e. The van der Waals surface area contributed by atoms with Crippen LogP contribution in [0.5, 0.6) is 5.75 Å². The van der Waals surface area contributed by atoms with Crippen LogP contribution in [-0.2, 0) is 4.79 Å². The Morgan fingerprint density at radius 3 is 2.59 bits per heavy atom. The molecule has 0 unspecified atom stereocenters. The second-order valence-corrected chi connectivity index (χ2v) is 5.22. The lowest BCUT2D eigenvalue weighted by molar-refractivity contribution is -0.124. The molecule has 0 radical (unpaired) electrons. The summed E-state index contributed by atoms with van der Waals surface area (Å²) in [6, 6.07) is 5.14. The molecular weight excluding hydrogens is 214 g/mol. The Kier molecular flexibility index (Phi) is 3.09. The van der Waals surface area contributed by atoms with Gasteiger partial charge >= 0.3 is 0 Å². The van der Waals surface area contributed by atoms with Crippen molar-refractivity contribution in [2.24, 2.45) is 5.41 Å². The minimum atomic E-state index is -0.216. The van der Waals surface area contributed by atoms with Crippen LogP contribution in [0.4, 0.5) is 5.69 Å². The zero-order valence-corrected chi connectivity index (χ0v) is 10.4. The second-order valence-electron chi connectivity index (χ2n) is 5.22. The predicted octanol–water partition coefficient (Wildman–Crippen LogP) is 3.22. The normalized spacial score (nSPS) is 18.0. The SMILES string of the molecule is Cc1cc(NC(=O)C2(C)CCCC2)ccc1O. The van der Waals surface area contributed by atoms with Crippen LogP contribution < -0.4 is 5.32 Å². The number of benzene rings is 1. The van der Waals surface area contributed by atoms with Crippen molar-refractivity contribution in [1.29, 1.82) is 0 Å².